The van der Waals surface area contributed by atoms with Crippen LogP contribution in [-0.2, 0) is 24.2 Å². The summed E-state index contributed by atoms with van der Waals surface area (Å²) in [5.74, 6) is 1.29. The van der Waals surface area contributed by atoms with Crippen molar-refractivity contribution in [2.24, 2.45) is 0 Å². The Morgan fingerprint density at radius 1 is 1.12 bits per heavy atom. The van der Waals surface area contributed by atoms with Crippen molar-refractivity contribution in [3.05, 3.63) is 70.0 Å². The van der Waals surface area contributed by atoms with E-state index in [9.17, 15) is 9.59 Å². The fourth-order valence-electron chi connectivity index (χ4n) is 3.97. The van der Waals surface area contributed by atoms with E-state index in [1.165, 1.54) is 11.8 Å². The summed E-state index contributed by atoms with van der Waals surface area (Å²) in [6.07, 6.45) is 4.38. The second-order valence-corrected chi connectivity index (χ2v) is 8.54. The van der Waals surface area contributed by atoms with Crippen LogP contribution >= 0.6 is 11.8 Å². The number of hydrogen-bond acceptors (Lipinski definition) is 7. The predicted octanol–water partition coefficient (Wildman–Crippen LogP) is 2.68. The Hall–Kier alpha value is -3.33. The fraction of sp³-hybridized carbons (Fsp3) is 0.304. The molecule has 3 aromatic rings. The van der Waals surface area contributed by atoms with E-state index in [0.29, 0.717) is 42.0 Å². The molecule has 5 rings (SSSR count). The van der Waals surface area contributed by atoms with Gasteiger partial charge in [0.25, 0.3) is 0 Å². The van der Waals surface area contributed by atoms with Crippen LogP contribution < -0.4 is 20.5 Å². The Kier molecular flexibility index (Phi) is 5.81. The molecule has 9 heteroatoms. The summed E-state index contributed by atoms with van der Waals surface area (Å²) in [5, 5.41) is 3.52. The predicted molar refractivity (Wildman–Crippen MR) is 121 cm³/mol. The van der Waals surface area contributed by atoms with Gasteiger partial charge in [0.2, 0.25) is 5.91 Å². The smallest absolute Gasteiger partial charge is 0.349 e. The Labute approximate surface area is 189 Å². The van der Waals surface area contributed by atoms with Gasteiger partial charge in [-0.1, -0.05) is 17.8 Å². The molecular weight excluding hydrogens is 428 g/mol. The number of benzene rings is 1. The fourth-order valence-corrected chi connectivity index (χ4v) is 4.85. The molecule has 1 N–H and O–H groups in total. The lowest BCUT2D eigenvalue weighted by molar-refractivity contribution is -0.113. The van der Waals surface area contributed by atoms with Crippen LogP contribution in [0.3, 0.4) is 0 Å². The van der Waals surface area contributed by atoms with E-state index in [1.54, 1.807) is 29.0 Å². The third kappa shape index (κ3) is 4.34. The summed E-state index contributed by atoms with van der Waals surface area (Å²) in [4.78, 5) is 33.9. The second-order valence-electron chi connectivity index (χ2n) is 7.58. The largest absolute Gasteiger partial charge is 0.486 e. The van der Waals surface area contributed by atoms with Gasteiger partial charge in [-0.25, -0.2) is 4.79 Å². The maximum atomic E-state index is 12.8. The summed E-state index contributed by atoms with van der Waals surface area (Å²) < 4.78 is 12.8. The van der Waals surface area contributed by atoms with Gasteiger partial charge in [-0.3, -0.25) is 14.3 Å². The summed E-state index contributed by atoms with van der Waals surface area (Å²) in [7, 11) is 0. The first kappa shape index (κ1) is 20.6. The Bertz CT molecular complexity index is 1210. The van der Waals surface area contributed by atoms with E-state index in [-0.39, 0.29) is 17.3 Å². The number of pyridine rings is 1. The minimum Gasteiger partial charge on any atom is -0.486 e. The summed E-state index contributed by atoms with van der Waals surface area (Å²) >= 11 is 1.30. The van der Waals surface area contributed by atoms with Crippen LogP contribution in [0.1, 0.15) is 23.4 Å². The minimum absolute atomic E-state index is 0.164. The van der Waals surface area contributed by atoms with E-state index >= 15 is 0 Å². The number of carbonyl (C=O) groups excluding carboxylic acids is 1. The molecule has 0 bridgehead atoms. The van der Waals surface area contributed by atoms with Gasteiger partial charge in [-0.05, 0) is 43.5 Å². The lowest BCUT2D eigenvalue weighted by Gasteiger charge is -2.19. The Balaban J connectivity index is 1.28. The number of hydrogen-bond donors (Lipinski definition) is 1. The highest BCUT2D eigenvalue weighted by atomic mass is 32.2. The van der Waals surface area contributed by atoms with Gasteiger partial charge in [0, 0.05) is 29.2 Å². The van der Waals surface area contributed by atoms with Gasteiger partial charge < -0.3 is 14.8 Å². The molecule has 1 amide bonds. The van der Waals surface area contributed by atoms with Gasteiger partial charge >= 0.3 is 5.69 Å². The topological polar surface area (TPSA) is 95.3 Å². The first-order valence-corrected chi connectivity index (χ1v) is 11.5. The highest BCUT2D eigenvalue weighted by Gasteiger charge is 2.23. The van der Waals surface area contributed by atoms with Gasteiger partial charge in [0.05, 0.1) is 18.0 Å². The molecule has 0 saturated carbocycles. The number of rotatable bonds is 6. The Morgan fingerprint density at radius 2 is 2.00 bits per heavy atom. The van der Waals surface area contributed by atoms with Crippen LogP contribution in [0.2, 0.25) is 0 Å². The normalized spacial score (nSPS) is 14.1. The highest BCUT2D eigenvalue weighted by molar-refractivity contribution is 8.00. The summed E-state index contributed by atoms with van der Waals surface area (Å²) in [6, 6.07) is 11.0. The van der Waals surface area contributed by atoms with Crippen LogP contribution in [0.15, 0.2) is 52.4 Å². The molecule has 8 nitrogen and oxygen atoms in total. The van der Waals surface area contributed by atoms with Crippen LogP contribution in [-0.4, -0.2) is 39.4 Å². The van der Waals surface area contributed by atoms with Crippen LogP contribution in [0, 0.1) is 0 Å². The molecule has 164 valence electrons. The number of fused-ring (bicyclic) bond motifs is 2. The molecule has 0 spiro atoms. The van der Waals surface area contributed by atoms with Crippen molar-refractivity contribution in [1.29, 1.82) is 0 Å². The van der Waals surface area contributed by atoms with Crippen molar-refractivity contribution >= 4 is 23.4 Å². The lowest BCUT2D eigenvalue weighted by Crippen LogP contribution is -2.28. The van der Waals surface area contributed by atoms with Gasteiger partial charge in [-0.2, -0.15) is 4.98 Å². The number of amides is 1. The molecule has 0 atom stereocenters. The van der Waals surface area contributed by atoms with Gasteiger partial charge in [-0.15, -0.1) is 0 Å². The SMILES string of the molecule is O=C(CSc1nc(=O)n(Cc2ccccn2)c2c1CCC2)Nc1ccc2c(c1)OCCO2. The minimum atomic E-state index is -0.300. The van der Waals surface area contributed by atoms with Crippen LogP contribution in [0.4, 0.5) is 5.69 Å². The zero-order chi connectivity index (χ0) is 21.9. The molecule has 32 heavy (non-hydrogen) atoms. The second kappa shape index (κ2) is 9.04. The van der Waals surface area contributed by atoms with E-state index in [4.69, 9.17) is 9.47 Å². The van der Waals surface area contributed by atoms with E-state index in [0.717, 1.165) is 36.2 Å². The zero-order valence-electron chi connectivity index (χ0n) is 17.4. The lowest BCUT2D eigenvalue weighted by atomic mass is 10.2. The third-order valence-electron chi connectivity index (χ3n) is 5.41. The average Bonchev–Trinajstić information content (AvgIpc) is 3.30. The zero-order valence-corrected chi connectivity index (χ0v) is 18.2. The van der Waals surface area contributed by atoms with E-state index in [1.807, 2.05) is 18.2 Å². The van der Waals surface area contributed by atoms with Crippen molar-refractivity contribution in [3.63, 3.8) is 0 Å². The quantitative estimate of drug-likeness (QED) is 0.456. The molecule has 2 aromatic heterocycles. The number of aromatic nitrogens is 3. The average molecular weight is 451 g/mol. The van der Waals surface area contributed by atoms with Crippen LogP contribution in [0.25, 0.3) is 0 Å². The van der Waals surface area contributed by atoms with Crippen molar-refractivity contribution in [2.75, 3.05) is 24.3 Å². The standard InChI is InChI=1S/C23H22N4O4S/c28-21(25-15-7-8-19-20(12-15)31-11-10-30-19)14-32-22-17-5-3-6-18(17)27(23(29)26-22)13-16-4-1-2-9-24-16/h1-2,4,7-9,12H,3,5-6,10-11,13-14H2,(H,25,28). The summed E-state index contributed by atoms with van der Waals surface area (Å²) in [5.41, 5.74) is 3.24. The number of nitrogens with zero attached hydrogens (tertiary/aromatic N) is 3. The van der Waals surface area contributed by atoms with Crippen molar-refractivity contribution in [3.8, 4) is 11.5 Å². The first-order chi connectivity index (χ1) is 15.7. The Morgan fingerprint density at radius 3 is 2.84 bits per heavy atom. The molecule has 1 aliphatic heterocycles. The third-order valence-corrected chi connectivity index (χ3v) is 6.43. The molecule has 2 aliphatic rings. The number of thioether (sulfide) groups is 1. The number of nitrogens with one attached hydrogen (secondary N) is 1. The van der Waals surface area contributed by atoms with Crippen molar-refractivity contribution < 1.29 is 14.3 Å². The molecular formula is C23H22N4O4S. The number of anilines is 1. The molecule has 0 radical (unpaired) electrons. The van der Waals surface area contributed by atoms with Crippen molar-refractivity contribution in [1.82, 2.24) is 14.5 Å². The molecule has 1 aromatic carbocycles. The van der Waals surface area contributed by atoms with Gasteiger partial charge in [0.1, 0.15) is 18.2 Å². The maximum absolute atomic E-state index is 12.8. The van der Waals surface area contributed by atoms with Gasteiger partial charge in [0.15, 0.2) is 11.5 Å². The molecule has 0 fully saturated rings. The number of carbonyl (C=O) groups is 1. The molecule has 0 saturated heterocycles. The van der Waals surface area contributed by atoms with E-state index < -0.39 is 0 Å². The molecule has 1 aliphatic carbocycles. The summed E-state index contributed by atoms with van der Waals surface area (Å²) in [6.45, 7) is 1.42. The first-order valence-electron chi connectivity index (χ1n) is 10.5. The van der Waals surface area contributed by atoms with E-state index in [2.05, 4.69) is 15.3 Å². The number of ether oxygens (including phenoxy) is 2. The highest BCUT2D eigenvalue weighted by Crippen LogP contribution is 2.33. The van der Waals surface area contributed by atoms with Crippen molar-refractivity contribution in [2.45, 2.75) is 30.8 Å². The maximum Gasteiger partial charge on any atom is 0.349 e. The van der Waals surface area contributed by atoms with Crippen LogP contribution in [0.5, 0.6) is 11.5 Å². The molecule has 0 unspecified atom stereocenters. The monoisotopic (exact) mass is 450 g/mol. The molecule has 3 heterocycles.